The second kappa shape index (κ2) is 18.3. The lowest BCUT2D eigenvalue weighted by Gasteiger charge is -2.25. The number of rotatable bonds is 20. The molecular formula is C30H44N2O5. The molecule has 0 aliphatic carbocycles. The highest BCUT2D eigenvalue weighted by atomic mass is 16.4. The molecule has 0 saturated carbocycles. The zero-order valence-corrected chi connectivity index (χ0v) is 22.5. The fraction of sp³-hybridized carbons (Fsp3) is 0.600. The predicted octanol–water partition coefficient (Wildman–Crippen LogP) is 5.50. The number of unbranched alkanes of at least 4 members (excludes halogenated alkanes) is 8. The molecular weight excluding hydrogens is 468 g/mol. The Balaban J connectivity index is 2.39. The molecule has 204 valence electrons. The van der Waals surface area contributed by atoms with Crippen LogP contribution < -0.4 is 5.32 Å². The first-order valence-electron chi connectivity index (χ1n) is 13.6. The van der Waals surface area contributed by atoms with Crippen LogP contribution in [0.3, 0.4) is 0 Å². The maximum atomic E-state index is 12.7. The van der Waals surface area contributed by atoms with Crippen molar-refractivity contribution in [2.75, 3.05) is 6.54 Å². The molecule has 37 heavy (non-hydrogen) atoms. The zero-order valence-electron chi connectivity index (χ0n) is 22.5. The van der Waals surface area contributed by atoms with Crippen LogP contribution >= 0.6 is 0 Å². The Hall–Kier alpha value is -2.98. The quantitative estimate of drug-likeness (QED) is 0.156. The maximum absolute atomic E-state index is 12.7. The second-order valence-corrected chi connectivity index (χ2v) is 9.86. The number of carbonyl (C=O) groups is 3. The van der Waals surface area contributed by atoms with Gasteiger partial charge >= 0.3 is 5.97 Å². The molecule has 0 bridgehead atoms. The summed E-state index contributed by atoms with van der Waals surface area (Å²) in [5, 5.41) is 31.5. The van der Waals surface area contributed by atoms with E-state index in [1.165, 1.54) is 25.3 Å². The van der Waals surface area contributed by atoms with Crippen LogP contribution in [-0.4, -0.2) is 40.0 Å². The fourth-order valence-electron chi connectivity index (χ4n) is 4.07. The van der Waals surface area contributed by atoms with Crippen molar-refractivity contribution in [3.63, 3.8) is 0 Å². The van der Waals surface area contributed by atoms with Crippen LogP contribution in [-0.2, 0) is 20.8 Å². The average Bonchev–Trinajstić information content (AvgIpc) is 2.87. The zero-order chi connectivity index (χ0) is 27.5. The molecule has 7 nitrogen and oxygen atoms in total. The number of allylic oxidation sites excluding steroid dienone is 1. The molecule has 0 unspecified atom stereocenters. The molecule has 1 aromatic carbocycles. The molecule has 1 aromatic rings. The summed E-state index contributed by atoms with van der Waals surface area (Å²) in [6.07, 6.45) is 15.2. The van der Waals surface area contributed by atoms with Crippen LogP contribution in [0, 0.1) is 17.2 Å². The van der Waals surface area contributed by atoms with Gasteiger partial charge in [-0.2, -0.15) is 5.26 Å². The van der Waals surface area contributed by atoms with E-state index in [2.05, 4.69) is 18.3 Å². The van der Waals surface area contributed by atoms with Crippen LogP contribution in [0.2, 0.25) is 0 Å². The summed E-state index contributed by atoms with van der Waals surface area (Å²) in [6, 6.07) is 9.06. The molecule has 1 amide bonds. The third-order valence-corrected chi connectivity index (χ3v) is 6.58. The SMILES string of the molecule is CCCCCCCC(=O)CCCCCCC=C[C@H](C(=O)NCCc1ccc(C#N)cc1)[C@](C)(O)C(=O)O. The maximum Gasteiger partial charge on any atom is 0.336 e. The molecule has 0 spiro atoms. The van der Waals surface area contributed by atoms with Gasteiger partial charge in [0.1, 0.15) is 5.78 Å². The van der Waals surface area contributed by atoms with Crippen molar-refractivity contribution in [1.29, 1.82) is 5.26 Å². The number of hydrogen-bond donors (Lipinski definition) is 3. The van der Waals surface area contributed by atoms with Gasteiger partial charge in [0.2, 0.25) is 5.91 Å². The Morgan fingerprint density at radius 1 is 1.00 bits per heavy atom. The minimum absolute atomic E-state index is 0.280. The summed E-state index contributed by atoms with van der Waals surface area (Å²) < 4.78 is 0. The summed E-state index contributed by atoms with van der Waals surface area (Å²) in [4.78, 5) is 36.2. The molecule has 0 aromatic heterocycles. The Kier molecular flexibility index (Phi) is 15.8. The highest BCUT2D eigenvalue weighted by Crippen LogP contribution is 2.21. The van der Waals surface area contributed by atoms with E-state index in [4.69, 9.17) is 5.26 Å². The van der Waals surface area contributed by atoms with E-state index in [1.54, 1.807) is 30.3 Å². The summed E-state index contributed by atoms with van der Waals surface area (Å²) in [7, 11) is 0. The van der Waals surface area contributed by atoms with Crippen molar-refractivity contribution in [3.8, 4) is 6.07 Å². The number of ketones is 1. The Morgan fingerprint density at radius 2 is 1.59 bits per heavy atom. The summed E-state index contributed by atoms with van der Waals surface area (Å²) in [6.45, 7) is 3.59. The first-order valence-corrected chi connectivity index (χ1v) is 13.6. The van der Waals surface area contributed by atoms with Crippen molar-refractivity contribution in [2.45, 2.75) is 103 Å². The first kappa shape index (κ1) is 32.0. The third-order valence-electron chi connectivity index (χ3n) is 6.58. The Labute approximate surface area is 222 Å². The van der Waals surface area contributed by atoms with Gasteiger partial charge in [-0.05, 0) is 56.7 Å². The minimum atomic E-state index is -2.23. The summed E-state index contributed by atoms with van der Waals surface area (Å²) in [5.74, 6) is -2.88. The monoisotopic (exact) mass is 512 g/mol. The highest BCUT2D eigenvalue weighted by Gasteiger charge is 2.42. The van der Waals surface area contributed by atoms with Gasteiger partial charge in [-0.25, -0.2) is 4.79 Å². The molecule has 0 aliphatic rings. The van der Waals surface area contributed by atoms with Gasteiger partial charge in [0.05, 0.1) is 17.6 Å². The van der Waals surface area contributed by atoms with Crippen LogP contribution in [0.15, 0.2) is 36.4 Å². The van der Waals surface area contributed by atoms with Crippen molar-refractivity contribution in [2.24, 2.45) is 5.92 Å². The number of nitrogens with zero attached hydrogens (tertiary/aromatic N) is 1. The topological polar surface area (TPSA) is 127 Å². The number of carboxylic acid groups (broad SMARTS) is 1. The molecule has 0 fully saturated rings. The van der Waals surface area contributed by atoms with Crippen LogP contribution in [0.5, 0.6) is 0 Å². The molecule has 0 heterocycles. The van der Waals surface area contributed by atoms with Crippen molar-refractivity contribution in [3.05, 3.63) is 47.5 Å². The lowest BCUT2D eigenvalue weighted by Crippen LogP contribution is -2.49. The molecule has 0 aliphatic heterocycles. The number of carbonyl (C=O) groups excluding carboxylic acids is 2. The smallest absolute Gasteiger partial charge is 0.336 e. The molecule has 0 radical (unpaired) electrons. The van der Waals surface area contributed by atoms with E-state index in [1.807, 2.05) is 0 Å². The fourth-order valence-corrected chi connectivity index (χ4v) is 4.07. The van der Waals surface area contributed by atoms with E-state index < -0.39 is 23.4 Å². The predicted molar refractivity (Wildman–Crippen MR) is 145 cm³/mol. The van der Waals surface area contributed by atoms with E-state index in [9.17, 15) is 24.6 Å². The van der Waals surface area contributed by atoms with E-state index in [0.717, 1.165) is 51.0 Å². The number of aliphatic carboxylic acids is 1. The molecule has 2 atom stereocenters. The number of carboxylic acids is 1. The van der Waals surface area contributed by atoms with Crippen LogP contribution in [0.4, 0.5) is 0 Å². The first-order chi connectivity index (χ1) is 17.7. The van der Waals surface area contributed by atoms with Gasteiger partial charge in [-0.15, -0.1) is 0 Å². The number of nitrogens with one attached hydrogen (secondary N) is 1. The van der Waals surface area contributed by atoms with Gasteiger partial charge in [-0.3, -0.25) is 9.59 Å². The summed E-state index contributed by atoms with van der Waals surface area (Å²) in [5.41, 5.74) is -0.742. The molecule has 7 heteroatoms. The number of amides is 1. The number of benzene rings is 1. The average molecular weight is 513 g/mol. The highest BCUT2D eigenvalue weighted by molar-refractivity contribution is 5.90. The van der Waals surface area contributed by atoms with Crippen LogP contribution in [0.25, 0.3) is 0 Å². The normalized spacial score (nSPS) is 13.6. The number of nitriles is 1. The molecule has 3 N–H and O–H groups in total. The summed E-state index contributed by atoms with van der Waals surface area (Å²) >= 11 is 0. The lowest BCUT2D eigenvalue weighted by molar-refractivity contribution is -0.163. The van der Waals surface area contributed by atoms with Gasteiger partial charge in [-0.1, -0.05) is 69.7 Å². The Bertz CT molecular complexity index is 900. The second-order valence-electron chi connectivity index (χ2n) is 9.86. The van der Waals surface area contributed by atoms with Crippen molar-refractivity contribution in [1.82, 2.24) is 5.32 Å². The largest absolute Gasteiger partial charge is 0.479 e. The minimum Gasteiger partial charge on any atom is -0.479 e. The number of hydrogen-bond acceptors (Lipinski definition) is 5. The van der Waals surface area contributed by atoms with Gasteiger partial charge in [0.25, 0.3) is 0 Å². The number of aliphatic hydroxyl groups is 1. The van der Waals surface area contributed by atoms with E-state index in [0.29, 0.717) is 37.0 Å². The Morgan fingerprint density at radius 3 is 2.16 bits per heavy atom. The van der Waals surface area contributed by atoms with Gasteiger partial charge in [0, 0.05) is 19.4 Å². The van der Waals surface area contributed by atoms with E-state index >= 15 is 0 Å². The van der Waals surface area contributed by atoms with Crippen molar-refractivity contribution < 1.29 is 24.6 Å². The van der Waals surface area contributed by atoms with Crippen LogP contribution in [0.1, 0.15) is 102 Å². The van der Waals surface area contributed by atoms with Gasteiger partial charge < -0.3 is 15.5 Å². The van der Waals surface area contributed by atoms with Crippen molar-refractivity contribution >= 4 is 17.7 Å². The van der Waals surface area contributed by atoms with Gasteiger partial charge in [0.15, 0.2) is 5.60 Å². The molecule has 1 rings (SSSR count). The van der Waals surface area contributed by atoms with E-state index in [-0.39, 0.29) is 6.54 Å². The molecule has 0 saturated heterocycles. The number of Topliss-reactive ketones (excluding diaryl/α,β-unsaturated/α-hetero) is 1. The lowest BCUT2D eigenvalue weighted by atomic mass is 9.87. The standard InChI is InChI=1S/C30H44N2O5/c1-3-4-5-8-11-14-26(33)15-12-9-6-7-10-13-16-27(30(2,37)29(35)36)28(34)32-22-21-24-17-19-25(23-31)20-18-24/h13,16-20,27,37H,3-12,14-15,21-22H2,1-2H3,(H,32,34)(H,35,36)/t27-,30+/m1/s1. The third kappa shape index (κ3) is 13.2.